The number of rotatable bonds is 4. The van der Waals surface area contributed by atoms with Crippen molar-refractivity contribution in [2.45, 2.75) is 38.3 Å². The smallest absolute Gasteiger partial charge is 0.219 e. The molecule has 1 heterocycles. The summed E-state index contributed by atoms with van der Waals surface area (Å²) in [6.07, 6.45) is 3.75. The minimum atomic E-state index is 0.209. The Bertz CT molecular complexity index is 240. The molecule has 0 aromatic heterocycles. The van der Waals surface area contributed by atoms with E-state index in [1.165, 1.54) is 12.8 Å². The van der Waals surface area contributed by atoms with Crippen LogP contribution in [0.1, 0.15) is 26.2 Å². The molecule has 4 nitrogen and oxygen atoms in total. The zero-order valence-corrected chi connectivity index (χ0v) is 9.48. The predicted molar refractivity (Wildman–Crippen MR) is 59.4 cm³/mol. The number of amides is 1. The molecule has 0 radical (unpaired) electrons. The fourth-order valence-electron chi connectivity index (χ4n) is 2.52. The molecule has 1 saturated carbocycles. The highest BCUT2D eigenvalue weighted by molar-refractivity contribution is 5.73. The zero-order chi connectivity index (χ0) is 10.8. The maximum Gasteiger partial charge on any atom is 0.219 e. The van der Waals surface area contributed by atoms with Gasteiger partial charge in [0, 0.05) is 45.2 Å². The van der Waals surface area contributed by atoms with Crippen LogP contribution in [0.25, 0.3) is 0 Å². The first-order chi connectivity index (χ1) is 7.22. The molecular weight excluding hydrogens is 190 g/mol. The molecule has 0 spiro atoms. The number of hydrogen-bond donors (Lipinski definition) is 1. The average Bonchev–Trinajstić information content (AvgIpc) is 2.91. The third-order valence-corrected chi connectivity index (χ3v) is 3.48. The summed E-state index contributed by atoms with van der Waals surface area (Å²) >= 11 is 0. The third-order valence-electron chi connectivity index (χ3n) is 3.48. The van der Waals surface area contributed by atoms with Crippen LogP contribution in [0.2, 0.25) is 0 Å². The Balaban J connectivity index is 1.89. The third kappa shape index (κ3) is 2.49. The van der Waals surface area contributed by atoms with Crippen molar-refractivity contribution in [1.29, 1.82) is 0 Å². The fourth-order valence-corrected chi connectivity index (χ4v) is 2.52. The monoisotopic (exact) mass is 211 g/mol. The van der Waals surface area contributed by atoms with Gasteiger partial charge in [0.25, 0.3) is 0 Å². The summed E-state index contributed by atoms with van der Waals surface area (Å²) in [7, 11) is 0. The molecule has 1 aliphatic heterocycles. The number of nitrogens with two attached hydrogens (primary N) is 1. The first-order valence-electron chi connectivity index (χ1n) is 5.93. The largest absolute Gasteiger partial charge is 0.341 e. The van der Waals surface area contributed by atoms with E-state index in [4.69, 9.17) is 5.73 Å². The molecule has 0 unspecified atom stereocenters. The lowest BCUT2D eigenvalue weighted by Crippen LogP contribution is -2.42. The molecular formula is C11H21N3O. The highest BCUT2D eigenvalue weighted by atomic mass is 16.2. The fraction of sp³-hybridized carbons (Fsp3) is 0.909. The van der Waals surface area contributed by atoms with Gasteiger partial charge in [-0.1, -0.05) is 0 Å². The second-order valence-corrected chi connectivity index (χ2v) is 4.67. The molecule has 1 amide bonds. The van der Waals surface area contributed by atoms with Crippen LogP contribution in [0.4, 0.5) is 0 Å². The average molecular weight is 211 g/mol. The van der Waals surface area contributed by atoms with Crippen molar-refractivity contribution in [2.24, 2.45) is 5.73 Å². The summed E-state index contributed by atoms with van der Waals surface area (Å²) in [5.74, 6) is 0.209. The van der Waals surface area contributed by atoms with Crippen LogP contribution in [0.15, 0.2) is 0 Å². The Labute approximate surface area is 91.4 Å². The zero-order valence-electron chi connectivity index (χ0n) is 9.48. The Morgan fingerprint density at radius 3 is 2.60 bits per heavy atom. The predicted octanol–water partition coefficient (Wildman–Crippen LogP) is 0.0303. The van der Waals surface area contributed by atoms with Crippen LogP contribution in [-0.2, 0) is 4.79 Å². The number of likely N-dealkylation sites (tertiary alicyclic amines) is 1. The van der Waals surface area contributed by atoms with E-state index in [-0.39, 0.29) is 5.91 Å². The van der Waals surface area contributed by atoms with Crippen LogP contribution in [0.5, 0.6) is 0 Å². The minimum Gasteiger partial charge on any atom is -0.341 e. The minimum absolute atomic E-state index is 0.209. The Kier molecular flexibility index (Phi) is 3.26. The topological polar surface area (TPSA) is 49.6 Å². The molecule has 1 saturated heterocycles. The van der Waals surface area contributed by atoms with Gasteiger partial charge in [-0.2, -0.15) is 0 Å². The molecule has 2 fully saturated rings. The summed E-state index contributed by atoms with van der Waals surface area (Å²) in [4.78, 5) is 15.7. The van der Waals surface area contributed by atoms with E-state index in [9.17, 15) is 4.79 Å². The lowest BCUT2D eigenvalue weighted by Gasteiger charge is -2.28. The lowest BCUT2D eigenvalue weighted by atomic mass is 10.2. The van der Waals surface area contributed by atoms with Crippen molar-refractivity contribution in [3.05, 3.63) is 0 Å². The van der Waals surface area contributed by atoms with Gasteiger partial charge >= 0.3 is 0 Å². The number of carbonyl (C=O) groups excluding carboxylic acids is 1. The summed E-state index contributed by atoms with van der Waals surface area (Å²) in [5, 5.41) is 0. The van der Waals surface area contributed by atoms with Gasteiger partial charge < -0.3 is 10.6 Å². The molecule has 1 atom stereocenters. The van der Waals surface area contributed by atoms with Gasteiger partial charge in [-0.3, -0.25) is 9.69 Å². The van der Waals surface area contributed by atoms with Gasteiger partial charge in [0.15, 0.2) is 0 Å². The van der Waals surface area contributed by atoms with E-state index in [0.717, 1.165) is 38.6 Å². The molecule has 0 aromatic rings. The van der Waals surface area contributed by atoms with E-state index in [2.05, 4.69) is 4.90 Å². The SMILES string of the molecule is CC(=O)N1CC[C@@H](N(CCN)C2CC2)C1. The van der Waals surface area contributed by atoms with Crippen molar-refractivity contribution in [2.75, 3.05) is 26.2 Å². The quantitative estimate of drug-likeness (QED) is 0.714. The van der Waals surface area contributed by atoms with Crippen molar-refractivity contribution in [3.8, 4) is 0 Å². The highest BCUT2D eigenvalue weighted by Gasteiger charge is 2.36. The van der Waals surface area contributed by atoms with E-state index in [0.29, 0.717) is 6.04 Å². The standard InChI is InChI=1S/C11H21N3O/c1-9(15)13-6-4-11(8-13)14(7-5-12)10-2-3-10/h10-11H,2-8,12H2,1H3/t11-/m1/s1. The molecule has 2 rings (SSSR count). The van der Waals surface area contributed by atoms with Crippen molar-refractivity contribution in [3.63, 3.8) is 0 Å². The summed E-state index contributed by atoms with van der Waals surface area (Å²) in [5.41, 5.74) is 5.63. The molecule has 2 N–H and O–H groups in total. The highest BCUT2D eigenvalue weighted by Crippen LogP contribution is 2.30. The second kappa shape index (κ2) is 4.49. The molecule has 2 aliphatic rings. The summed E-state index contributed by atoms with van der Waals surface area (Å²) < 4.78 is 0. The summed E-state index contributed by atoms with van der Waals surface area (Å²) in [6.45, 7) is 5.21. The van der Waals surface area contributed by atoms with E-state index < -0.39 is 0 Å². The normalized spacial score (nSPS) is 26.3. The molecule has 15 heavy (non-hydrogen) atoms. The molecule has 1 aliphatic carbocycles. The van der Waals surface area contributed by atoms with Crippen molar-refractivity contribution in [1.82, 2.24) is 9.80 Å². The number of hydrogen-bond acceptors (Lipinski definition) is 3. The van der Waals surface area contributed by atoms with Gasteiger partial charge in [-0.25, -0.2) is 0 Å². The lowest BCUT2D eigenvalue weighted by molar-refractivity contribution is -0.127. The molecule has 4 heteroatoms. The molecule has 86 valence electrons. The Hall–Kier alpha value is -0.610. The number of nitrogens with zero attached hydrogens (tertiary/aromatic N) is 2. The van der Waals surface area contributed by atoms with Gasteiger partial charge in [-0.05, 0) is 19.3 Å². The maximum absolute atomic E-state index is 11.2. The first-order valence-corrected chi connectivity index (χ1v) is 5.93. The van der Waals surface area contributed by atoms with Crippen molar-refractivity contribution < 1.29 is 4.79 Å². The maximum atomic E-state index is 11.2. The van der Waals surface area contributed by atoms with Crippen LogP contribution < -0.4 is 5.73 Å². The van der Waals surface area contributed by atoms with Crippen LogP contribution in [0, 0.1) is 0 Å². The van der Waals surface area contributed by atoms with Crippen LogP contribution >= 0.6 is 0 Å². The van der Waals surface area contributed by atoms with Gasteiger partial charge in [-0.15, -0.1) is 0 Å². The second-order valence-electron chi connectivity index (χ2n) is 4.67. The number of carbonyl (C=O) groups is 1. The molecule has 0 bridgehead atoms. The Morgan fingerprint density at radius 2 is 2.13 bits per heavy atom. The summed E-state index contributed by atoms with van der Waals surface area (Å²) in [6, 6.07) is 1.32. The first kappa shape index (κ1) is 10.9. The Morgan fingerprint density at radius 1 is 1.40 bits per heavy atom. The van der Waals surface area contributed by atoms with Gasteiger partial charge in [0.1, 0.15) is 0 Å². The van der Waals surface area contributed by atoms with Crippen molar-refractivity contribution >= 4 is 5.91 Å². The van der Waals surface area contributed by atoms with E-state index in [1.54, 1.807) is 6.92 Å². The van der Waals surface area contributed by atoms with E-state index >= 15 is 0 Å². The van der Waals surface area contributed by atoms with Gasteiger partial charge in [0.2, 0.25) is 5.91 Å². The van der Waals surface area contributed by atoms with E-state index in [1.807, 2.05) is 4.90 Å². The van der Waals surface area contributed by atoms with Crippen LogP contribution in [-0.4, -0.2) is 54.0 Å². The van der Waals surface area contributed by atoms with Gasteiger partial charge in [0.05, 0.1) is 0 Å². The molecule has 0 aromatic carbocycles. The van der Waals surface area contributed by atoms with Crippen LogP contribution in [0.3, 0.4) is 0 Å².